The van der Waals surface area contributed by atoms with Gasteiger partial charge in [-0.15, -0.1) is 23.7 Å². The monoisotopic (exact) mass is 229 g/mol. The third kappa shape index (κ3) is 2.87. The molecule has 6 heteroatoms. The van der Waals surface area contributed by atoms with Gasteiger partial charge in [0.1, 0.15) is 12.6 Å². The summed E-state index contributed by atoms with van der Waals surface area (Å²) >= 11 is 1.16. The van der Waals surface area contributed by atoms with E-state index in [1.54, 1.807) is 11.4 Å². The van der Waals surface area contributed by atoms with Crippen molar-refractivity contribution in [1.82, 2.24) is 0 Å². The van der Waals surface area contributed by atoms with Gasteiger partial charge in [-0.05, 0) is 11.4 Å². The molecule has 1 aromatic heterocycles. The van der Waals surface area contributed by atoms with E-state index in [9.17, 15) is 8.78 Å². The zero-order valence-electron chi connectivity index (χ0n) is 6.61. The van der Waals surface area contributed by atoms with Crippen molar-refractivity contribution in [3.63, 3.8) is 0 Å². The highest BCUT2D eigenvalue weighted by Crippen LogP contribution is 2.30. The van der Waals surface area contributed by atoms with Crippen molar-refractivity contribution in [1.29, 1.82) is 0 Å². The summed E-state index contributed by atoms with van der Waals surface area (Å²) in [4.78, 5) is 0.383. The van der Waals surface area contributed by atoms with Gasteiger partial charge in [0.25, 0.3) is 5.92 Å². The van der Waals surface area contributed by atoms with Crippen LogP contribution in [0.25, 0.3) is 0 Å². The molecule has 1 aromatic rings. The summed E-state index contributed by atoms with van der Waals surface area (Å²) < 4.78 is 25.5. The lowest BCUT2D eigenvalue weighted by molar-refractivity contribution is -0.0703. The van der Waals surface area contributed by atoms with Crippen molar-refractivity contribution in [2.24, 2.45) is 5.73 Å². The number of halogens is 3. The zero-order chi connectivity index (χ0) is 9.19. The van der Waals surface area contributed by atoms with Crippen LogP contribution in [0.5, 0.6) is 0 Å². The quantitative estimate of drug-likeness (QED) is 0.830. The minimum absolute atomic E-state index is 0. The van der Waals surface area contributed by atoms with Crippen LogP contribution in [0.15, 0.2) is 17.5 Å². The van der Waals surface area contributed by atoms with E-state index < -0.39 is 18.6 Å². The van der Waals surface area contributed by atoms with E-state index >= 15 is 0 Å². The third-order valence-electron chi connectivity index (χ3n) is 1.52. The average Bonchev–Trinajstić information content (AvgIpc) is 2.55. The van der Waals surface area contributed by atoms with Crippen molar-refractivity contribution >= 4 is 23.7 Å². The van der Waals surface area contributed by atoms with Gasteiger partial charge in [-0.25, -0.2) is 8.78 Å². The molecule has 76 valence electrons. The van der Waals surface area contributed by atoms with Gasteiger partial charge in [-0.3, -0.25) is 0 Å². The first kappa shape index (κ1) is 12.8. The first-order valence-electron chi connectivity index (χ1n) is 3.35. The first-order chi connectivity index (χ1) is 5.58. The molecular weight excluding hydrogens is 220 g/mol. The number of rotatable bonds is 3. The molecule has 1 heterocycles. The average molecular weight is 230 g/mol. The second kappa shape index (κ2) is 4.85. The predicted octanol–water partition coefficient (Wildman–Crippen LogP) is 1.80. The largest absolute Gasteiger partial charge is 0.390 e. The van der Waals surface area contributed by atoms with Crippen molar-refractivity contribution in [2.45, 2.75) is 12.0 Å². The maximum absolute atomic E-state index is 12.7. The summed E-state index contributed by atoms with van der Waals surface area (Å²) in [5.74, 6) is -3.23. The van der Waals surface area contributed by atoms with Gasteiger partial charge in [-0.1, -0.05) is 6.07 Å². The van der Waals surface area contributed by atoms with Crippen molar-refractivity contribution < 1.29 is 13.9 Å². The molecule has 0 radical (unpaired) electrons. The van der Waals surface area contributed by atoms with Gasteiger partial charge in [0.05, 0.1) is 0 Å². The molecule has 0 saturated heterocycles. The van der Waals surface area contributed by atoms with E-state index in [4.69, 9.17) is 10.8 Å². The van der Waals surface area contributed by atoms with Gasteiger partial charge in [0, 0.05) is 4.88 Å². The van der Waals surface area contributed by atoms with E-state index in [2.05, 4.69) is 0 Å². The van der Waals surface area contributed by atoms with Gasteiger partial charge in [0.15, 0.2) is 0 Å². The summed E-state index contributed by atoms with van der Waals surface area (Å²) in [7, 11) is 0. The van der Waals surface area contributed by atoms with Crippen LogP contribution >= 0.6 is 23.7 Å². The lowest BCUT2D eigenvalue weighted by Gasteiger charge is -2.19. The molecular formula is C7H10ClF2NOS. The highest BCUT2D eigenvalue weighted by atomic mass is 35.5. The Morgan fingerprint density at radius 1 is 1.62 bits per heavy atom. The van der Waals surface area contributed by atoms with Crippen molar-refractivity contribution in [2.75, 3.05) is 6.61 Å². The van der Waals surface area contributed by atoms with Crippen LogP contribution in [0.3, 0.4) is 0 Å². The smallest absolute Gasteiger partial charge is 0.290 e. The molecule has 1 rings (SSSR count). The number of aliphatic hydroxyl groups is 1. The Hall–Kier alpha value is -0.230. The molecule has 0 aliphatic carbocycles. The van der Waals surface area contributed by atoms with Gasteiger partial charge in [0.2, 0.25) is 0 Å². The first-order valence-corrected chi connectivity index (χ1v) is 4.23. The second-order valence-electron chi connectivity index (χ2n) is 2.41. The van der Waals surface area contributed by atoms with E-state index in [1.807, 2.05) is 0 Å². The summed E-state index contributed by atoms with van der Waals surface area (Å²) in [5, 5.41) is 10.0. The molecule has 0 aromatic carbocycles. The van der Waals surface area contributed by atoms with Crippen LogP contribution in [-0.4, -0.2) is 17.6 Å². The summed E-state index contributed by atoms with van der Waals surface area (Å²) in [6, 6.07) is 1.77. The molecule has 0 aliphatic heterocycles. The fourth-order valence-electron chi connectivity index (χ4n) is 0.775. The molecule has 13 heavy (non-hydrogen) atoms. The number of aliphatic hydroxyl groups excluding tert-OH is 1. The fourth-order valence-corrected chi connectivity index (χ4v) is 1.57. The van der Waals surface area contributed by atoms with Crippen molar-refractivity contribution in [3.8, 4) is 0 Å². The normalized spacial score (nSPS) is 13.5. The third-order valence-corrected chi connectivity index (χ3v) is 2.47. The molecule has 0 unspecified atom stereocenters. The molecule has 3 N–H and O–H groups in total. The van der Waals surface area contributed by atoms with Gasteiger partial charge < -0.3 is 10.8 Å². The lowest BCUT2D eigenvalue weighted by atomic mass is 10.1. The van der Waals surface area contributed by atoms with Crippen molar-refractivity contribution in [3.05, 3.63) is 22.4 Å². The number of hydrogen-bond donors (Lipinski definition) is 2. The molecule has 0 amide bonds. The van der Waals surface area contributed by atoms with Crippen LogP contribution in [0.1, 0.15) is 10.9 Å². The molecule has 2 nitrogen and oxygen atoms in total. The highest BCUT2D eigenvalue weighted by Gasteiger charge is 2.37. The minimum Gasteiger partial charge on any atom is -0.390 e. The maximum Gasteiger partial charge on any atom is 0.290 e. The molecule has 1 atom stereocenters. The number of nitrogens with two attached hydrogens (primary N) is 1. The van der Waals surface area contributed by atoms with Gasteiger partial charge >= 0.3 is 0 Å². The number of thiophene rings is 1. The second-order valence-corrected chi connectivity index (χ2v) is 3.39. The Bertz CT molecular complexity index is 243. The predicted molar refractivity (Wildman–Crippen MR) is 50.5 cm³/mol. The van der Waals surface area contributed by atoms with E-state index in [0.717, 1.165) is 11.3 Å². The van der Waals surface area contributed by atoms with Crippen LogP contribution in [0.4, 0.5) is 8.78 Å². The standard InChI is InChI=1S/C7H9F2NOS.ClH/c8-7(9,4-11)6(10)5-2-1-3-12-5;/h1-3,6,11H,4,10H2;1H/t6-;/m0./s1. The Kier molecular flexibility index (Phi) is 4.77. The summed E-state index contributed by atoms with van der Waals surface area (Å²) in [6.07, 6.45) is 0. The van der Waals surface area contributed by atoms with E-state index in [0.29, 0.717) is 4.88 Å². The maximum atomic E-state index is 12.7. The zero-order valence-corrected chi connectivity index (χ0v) is 8.25. The lowest BCUT2D eigenvalue weighted by Crippen LogP contribution is -2.35. The molecule has 0 saturated carbocycles. The summed E-state index contributed by atoms with van der Waals surface area (Å²) in [6.45, 7) is -1.22. The van der Waals surface area contributed by atoms with Crippen LogP contribution in [-0.2, 0) is 0 Å². The SMILES string of the molecule is Cl.N[C@@H](c1cccs1)C(F)(F)CO. The molecule has 0 spiro atoms. The Morgan fingerprint density at radius 2 is 2.23 bits per heavy atom. The number of hydrogen-bond acceptors (Lipinski definition) is 3. The fraction of sp³-hybridized carbons (Fsp3) is 0.429. The highest BCUT2D eigenvalue weighted by molar-refractivity contribution is 7.10. The van der Waals surface area contributed by atoms with Gasteiger partial charge in [-0.2, -0.15) is 0 Å². The topological polar surface area (TPSA) is 46.2 Å². The Labute approximate surface area is 84.8 Å². The minimum atomic E-state index is -3.23. The molecule has 0 bridgehead atoms. The van der Waals surface area contributed by atoms with Crippen LogP contribution < -0.4 is 5.73 Å². The van der Waals surface area contributed by atoms with Crippen LogP contribution in [0.2, 0.25) is 0 Å². The molecule has 0 fully saturated rings. The Morgan fingerprint density at radius 3 is 2.62 bits per heavy atom. The Balaban J connectivity index is 0.00000144. The van der Waals surface area contributed by atoms with E-state index in [-0.39, 0.29) is 12.4 Å². The number of alkyl halides is 2. The van der Waals surface area contributed by atoms with Crippen LogP contribution in [0, 0.1) is 0 Å². The summed E-state index contributed by atoms with van der Waals surface area (Å²) in [5.41, 5.74) is 5.23. The van der Waals surface area contributed by atoms with E-state index in [1.165, 1.54) is 6.07 Å². The molecule has 0 aliphatic rings.